The zero-order valence-electron chi connectivity index (χ0n) is 8.88. The third kappa shape index (κ3) is 3.70. The number of hydrogen-bond donors (Lipinski definition) is 1. The molecule has 0 aromatic carbocycles. The van der Waals surface area contributed by atoms with Crippen LogP contribution in [0.15, 0.2) is 18.3 Å². The fraction of sp³-hybridized carbons (Fsp3) is 0.200. The summed E-state index contributed by atoms with van der Waals surface area (Å²) >= 11 is 0. The van der Waals surface area contributed by atoms with Crippen LogP contribution in [-0.4, -0.2) is 16.1 Å². The van der Waals surface area contributed by atoms with E-state index in [1.54, 1.807) is 0 Å². The maximum atomic E-state index is 12.6. The van der Waals surface area contributed by atoms with Gasteiger partial charge in [-0.15, -0.1) is 0 Å². The fourth-order valence-electron chi connectivity index (χ4n) is 1.29. The first-order chi connectivity index (χ1) is 8.53. The van der Waals surface area contributed by atoms with E-state index in [1.165, 1.54) is 0 Å². The minimum Gasteiger partial charge on any atom is -0.478 e. The molecular formula is C10H5F6NO2. The zero-order chi connectivity index (χ0) is 14.8. The van der Waals surface area contributed by atoms with Crippen molar-refractivity contribution in [1.82, 2.24) is 4.98 Å². The quantitative estimate of drug-likeness (QED) is 0.670. The number of alkyl halides is 6. The van der Waals surface area contributed by atoms with Gasteiger partial charge in [-0.2, -0.15) is 26.3 Å². The molecule has 0 aliphatic rings. The number of carbonyl (C=O) groups is 1. The van der Waals surface area contributed by atoms with Gasteiger partial charge in [-0.05, 0) is 12.1 Å². The third-order valence-corrected chi connectivity index (χ3v) is 1.95. The smallest absolute Gasteiger partial charge is 0.419 e. The molecule has 0 radical (unpaired) electrons. The molecular weight excluding hydrogens is 280 g/mol. The van der Waals surface area contributed by atoms with Gasteiger partial charge in [-0.25, -0.2) is 4.79 Å². The van der Waals surface area contributed by atoms with Gasteiger partial charge in [0.05, 0.1) is 16.8 Å². The Labute approximate surface area is 102 Å². The van der Waals surface area contributed by atoms with Crippen LogP contribution in [-0.2, 0) is 17.1 Å². The predicted octanol–water partition coefficient (Wildman–Crippen LogP) is 3.22. The molecule has 0 saturated heterocycles. The highest BCUT2D eigenvalue weighted by Crippen LogP contribution is 2.41. The largest absolute Gasteiger partial charge is 0.478 e. The second kappa shape index (κ2) is 4.90. The number of aromatic nitrogens is 1. The topological polar surface area (TPSA) is 50.2 Å². The zero-order valence-corrected chi connectivity index (χ0v) is 8.88. The van der Waals surface area contributed by atoms with Crippen molar-refractivity contribution >= 4 is 12.0 Å². The molecule has 1 aromatic rings. The summed E-state index contributed by atoms with van der Waals surface area (Å²) in [6, 6.07) is 0.181. The summed E-state index contributed by atoms with van der Waals surface area (Å²) in [6.07, 6.45) is -9.37. The van der Waals surface area contributed by atoms with Crippen molar-refractivity contribution in [3.8, 4) is 0 Å². The average Bonchev–Trinajstić information content (AvgIpc) is 2.23. The molecule has 1 aromatic heterocycles. The first kappa shape index (κ1) is 15.0. The summed E-state index contributed by atoms with van der Waals surface area (Å²) < 4.78 is 75.4. The summed E-state index contributed by atoms with van der Waals surface area (Å²) in [5.74, 6) is -1.60. The Morgan fingerprint density at radius 2 is 1.74 bits per heavy atom. The van der Waals surface area contributed by atoms with Crippen LogP contribution in [0.3, 0.4) is 0 Å². The second-order valence-electron chi connectivity index (χ2n) is 3.29. The lowest BCUT2D eigenvalue weighted by Gasteiger charge is -2.16. The maximum Gasteiger partial charge on any atom is 0.419 e. The molecule has 0 amide bonds. The Morgan fingerprint density at radius 3 is 2.16 bits per heavy atom. The number of carboxylic acid groups (broad SMARTS) is 1. The number of aliphatic carboxylic acids is 1. The molecule has 0 bridgehead atoms. The molecule has 1 rings (SSSR count). The molecule has 0 saturated carbocycles. The number of rotatable bonds is 2. The molecule has 3 nitrogen and oxygen atoms in total. The molecule has 19 heavy (non-hydrogen) atoms. The highest BCUT2D eigenvalue weighted by molar-refractivity contribution is 5.85. The van der Waals surface area contributed by atoms with Crippen molar-refractivity contribution in [1.29, 1.82) is 0 Å². The summed E-state index contributed by atoms with van der Waals surface area (Å²) in [5.41, 5.74) is -5.04. The number of hydrogen-bond acceptors (Lipinski definition) is 2. The molecule has 0 spiro atoms. The van der Waals surface area contributed by atoms with Crippen LogP contribution >= 0.6 is 0 Å². The molecule has 0 unspecified atom stereocenters. The Balaban J connectivity index is 3.53. The third-order valence-electron chi connectivity index (χ3n) is 1.95. The van der Waals surface area contributed by atoms with Crippen LogP contribution in [0.2, 0.25) is 0 Å². The van der Waals surface area contributed by atoms with Crippen LogP contribution in [0, 0.1) is 0 Å². The number of halogens is 6. The lowest BCUT2D eigenvalue weighted by Crippen LogP contribution is -2.18. The minimum absolute atomic E-state index is 0.181. The van der Waals surface area contributed by atoms with Crippen LogP contribution in [0.25, 0.3) is 6.08 Å². The van der Waals surface area contributed by atoms with Gasteiger partial charge in [0.25, 0.3) is 0 Å². The molecule has 0 aliphatic heterocycles. The normalized spacial score (nSPS) is 12.9. The van der Waals surface area contributed by atoms with Gasteiger partial charge in [0.2, 0.25) is 0 Å². The van der Waals surface area contributed by atoms with Crippen molar-refractivity contribution in [2.75, 3.05) is 0 Å². The van der Waals surface area contributed by atoms with Gasteiger partial charge in [0.1, 0.15) is 0 Å². The predicted molar refractivity (Wildman–Crippen MR) is 50.9 cm³/mol. The SMILES string of the molecule is O=C(O)/C=C/c1nccc(C(F)(F)F)c1C(F)(F)F. The highest BCUT2D eigenvalue weighted by Gasteiger charge is 2.44. The standard InChI is InChI=1S/C10H5F6NO2/c11-9(12,13)5-3-4-17-6(1-2-7(18)19)8(5)10(14,15)16/h1-4H,(H,18,19)/b2-1+. The molecule has 9 heteroatoms. The van der Waals surface area contributed by atoms with Crippen LogP contribution in [0.5, 0.6) is 0 Å². The Hall–Kier alpha value is -2.06. The summed E-state index contributed by atoms with van der Waals surface area (Å²) in [5, 5.41) is 8.28. The first-order valence-corrected chi connectivity index (χ1v) is 4.58. The molecule has 104 valence electrons. The number of nitrogens with zero attached hydrogens (tertiary/aromatic N) is 1. The van der Waals surface area contributed by atoms with Gasteiger partial charge < -0.3 is 5.11 Å². The van der Waals surface area contributed by atoms with E-state index in [9.17, 15) is 31.1 Å². The Bertz CT molecular complexity index is 518. The van der Waals surface area contributed by atoms with Crippen molar-refractivity contribution in [3.63, 3.8) is 0 Å². The van der Waals surface area contributed by atoms with Crippen LogP contribution in [0.1, 0.15) is 16.8 Å². The lowest BCUT2D eigenvalue weighted by atomic mass is 10.0. The van der Waals surface area contributed by atoms with Crippen molar-refractivity contribution in [2.24, 2.45) is 0 Å². The summed E-state index contributed by atoms with van der Waals surface area (Å²) in [7, 11) is 0. The van der Waals surface area contributed by atoms with Crippen molar-refractivity contribution in [2.45, 2.75) is 12.4 Å². The van der Waals surface area contributed by atoms with Gasteiger partial charge in [0, 0.05) is 12.3 Å². The number of carboxylic acids is 1. The fourth-order valence-corrected chi connectivity index (χ4v) is 1.29. The van der Waals surface area contributed by atoms with Gasteiger partial charge in [-0.3, -0.25) is 4.98 Å². The molecule has 1 N–H and O–H groups in total. The summed E-state index contributed by atoms with van der Waals surface area (Å²) in [4.78, 5) is 13.3. The van der Waals surface area contributed by atoms with E-state index in [0.29, 0.717) is 12.3 Å². The monoisotopic (exact) mass is 285 g/mol. The van der Waals surface area contributed by atoms with E-state index < -0.39 is 35.1 Å². The molecule has 1 heterocycles. The molecule has 0 fully saturated rings. The first-order valence-electron chi connectivity index (χ1n) is 4.58. The minimum atomic E-state index is -5.31. The van der Waals surface area contributed by atoms with Crippen LogP contribution in [0.4, 0.5) is 26.3 Å². The van der Waals surface area contributed by atoms with E-state index >= 15 is 0 Å². The Kier molecular flexibility index (Phi) is 3.87. The van der Waals surface area contributed by atoms with E-state index in [-0.39, 0.29) is 12.1 Å². The van der Waals surface area contributed by atoms with Crippen molar-refractivity contribution < 1.29 is 36.2 Å². The van der Waals surface area contributed by atoms with E-state index in [1.807, 2.05) is 0 Å². The second-order valence-corrected chi connectivity index (χ2v) is 3.29. The molecule has 0 aliphatic carbocycles. The van der Waals surface area contributed by atoms with Crippen LogP contribution < -0.4 is 0 Å². The van der Waals surface area contributed by atoms with Gasteiger partial charge in [0.15, 0.2) is 0 Å². The summed E-state index contributed by atoms with van der Waals surface area (Å²) in [6.45, 7) is 0. The van der Waals surface area contributed by atoms with Crippen molar-refractivity contribution in [3.05, 3.63) is 35.2 Å². The maximum absolute atomic E-state index is 12.6. The van der Waals surface area contributed by atoms with E-state index in [2.05, 4.69) is 4.98 Å². The van der Waals surface area contributed by atoms with Gasteiger partial charge >= 0.3 is 18.3 Å². The van der Waals surface area contributed by atoms with E-state index in [4.69, 9.17) is 5.11 Å². The highest BCUT2D eigenvalue weighted by atomic mass is 19.4. The molecule has 0 atom stereocenters. The Morgan fingerprint density at radius 1 is 1.16 bits per heavy atom. The van der Waals surface area contributed by atoms with E-state index in [0.717, 1.165) is 0 Å². The lowest BCUT2D eigenvalue weighted by molar-refractivity contribution is -0.162. The number of pyridine rings is 1. The van der Waals surface area contributed by atoms with Gasteiger partial charge in [-0.1, -0.05) is 0 Å². The average molecular weight is 285 g/mol.